The van der Waals surface area contributed by atoms with E-state index in [0.717, 1.165) is 76.0 Å². The zero-order chi connectivity index (χ0) is 25.9. The van der Waals surface area contributed by atoms with Crippen LogP contribution in [0.3, 0.4) is 0 Å². The van der Waals surface area contributed by atoms with Crippen LogP contribution in [0.1, 0.15) is 54.6 Å². The summed E-state index contributed by atoms with van der Waals surface area (Å²) in [5.41, 5.74) is 2.15. The van der Waals surface area contributed by atoms with Gasteiger partial charge < -0.3 is 15.5 Å². The fraction of sp³-hybridized carbons (Fsp3) is 0.519. The molecule has 10 nitrogen and oxygen atoms in total. The van der Waals surface area contributed by atoms with Crippen molar-refractivity contribution < 1.29 is 4.79 Å². The first kappa shape index (κ1) is 25.3. The lowest BCUT2D eigenvalue weighted by atomic mass is 10.0. The third kappa shape index (κ3) is 5.50. The molecule has 2 fully saturated rings. The lowest BCUT2D eigenvalue weighted by Gasteiger charge is -2.32. The highest BCUT2D eigenvalue weighted by Gasteiger charge is 2.25. The molecule has 1 saturated heterocycles. The first-order chi connectivity index (χ1) is 17.9. The van der Waals surface area contributed by atoms with Crippen LogP contribution in [0, 0.1) is 6.92 Å². The minimum Gasteiger partial charge on any atom is -0.383 e. The summed E-state index contributed by atoms with van der Waals surface area (Å²) in [6, 6.07) is 3.92. The molecule has 3 aromatic heterocycles. The Morgan fingerprint density at radius 1 is 1.08 bits per heavy atom. The SMILES string of the molecule is CC(=O)c1c(C)c2cnc(Nc3ccc(NCCN4CCN(C)CC4)cn3)nc2n(C2CCCC2)c1=O. The van der Waals surface area contributed by atoms with E-state index in [1.807, 2.05) is 12.1 Å². The van der Waals surface area contributed by atoms with Crippen molar-refractivity contribution in [2.45, 2.75) is 45.6 Å². The number of nitrogens with zero attached hydrogens (tertiary/aromatic N) is 6. The van der Waals surface area contributed by atoms with Crippen LogP contribution in [0.2, 0.25) is 0 Å². The van der Waals surface area contributed by atoms with Crippen molar-refractivity contribution in [2.24, 2.45) is 0 Å². The molecule has 3 aromatic rings. The van der Waals surface area contributed by atoms with Crippen LogP contribution >= 0.6 is 0 Å². The van der Waals surface area contributed by atoms with Gasteiger partial charge in [-0.25, -0.2) is 9.97 Å². The van der Waals surface area contributed by atoms with Crippen molar-refractivity contribution in [3.05, 3.63) is 46.0 Å². The number of carbonyl (C=O) groups is 1. The fourth-order valence-electron chi connectivity index (χ4n) is 5.43. The summed E-state index contributed by atoms with van der Waals surface area (Å²) in [7, 11) is 2.17. The second-order valence-corrected chi connectivity index (χ2v) is 10.2. The van der Waals surface area contributed by atoms with Gasteiger partial charge in [0.15, 0.2) is 5.78 Å². The number of hydrogen-bond donors (Lipinski definition) is 2. The highest BCUT2D eigenvalue weighted by Crippen LogP contribution is 2.32. The number of fused-ring (bicyclic) bond motifs is 1. The van der Waals surface area contributed by atoms with E-state index in [0.29, 0.717) is 23.0 Å². The van der Waals surface area contributed by atoms with Crippen molar-refractivity contribution >= 4 is 34.3 Å². The van der Waals surface area contributed by atoms with Gasteiger partial charge in [-0.2, -0.15) is 4.98 Å². The molecule has 2 aliphatic rings. The largest absolute Gasteiger partial charge is 0.383 e. The molecule has 0 spiro atoms. The Kier molecular flexibility index (Phi) is 7.48. The van der Waals surface area contributed by atoms with Gasteiger partial charge in [-0.05, 0) is 51.4 Å². The number of hydrogen-bond acceptors (Lipinski definition) is 9. The second-order valence-electron chi connectivity index (χ2n) is 10.2. The van der Waals surface area contributed by atoms with Gasteiger partial charge in [0.2, 0.25) is 5.95 Å². The van der Waals surface area contributed by atoms with Crippen LogP contribution in [-0.2, 0) is 0 Å². The first-order valence-electron chi connectivity index (χ1n) is 13.2. The summed E-state index contributed by atoms with van der Waals surface area (Å²) in [5, 5.41) is 7.35. The number of carbonyl (C=O) groups excluding carboxylic acids is 1. The number of Topliss-reactive ketones (excluding diaryl/α,β-unsaturated/α-hetero) is 1. The number of nitrogens with one attached hydrogen (secondary N) is 2. The molecule has 2 N–H and O–H groups in total. The highest BCUT2D eigenvalue weighted by molar-refractivity contribution is 5.99. The van der Waals surface area contributed by atoms with Gasteiger partial charge in [0.05, 0.1) is 17.4 Å². The maximum atomic E-state index is 13.4. The molecule has 37 heavy (non-hydrogen) atoms. The van der Waals surface area contributed by atoms with E-state index in [-0.39, 0.29) is 22.9 Å². The molecule has 0 radical (unpaired) electrons. The predicted octanol–water partition coefficient (Wildman–Crippen LogP) is 3.22. The average Bonchev–Trinajstić information content (AvgIpc) is 3.40. The smallest absolute Gasteiger partial charge is 0.263 e. The molecule has 0 amide bonds. The normalized spacial score (nSPS) is 17.4. The molecule has 0 unspecified atom stereocenters. The van der Waals surface area contributed by atoms with Crippen LogP contribution in [0.15, 0.2) is 29.3 Å². The quantitative estimate of drug-likeness (QED) is 0.447. The van der Waals surface area contributed by atoms with E-state index in [1.165, 1.54) is 6.92 Å². The van der Waals surface area contributed by atoms with E-state index in [9.17, 15) is 9.59 Å². The molecule has 1 aliphatic heterocycles. The number of aryl methyl sites for hydroxylation is 1. The zero-order valence-electron chi connectivity index (χ0n) is 22.0. The molecule has 196 valence electrons. The first-order valence-corrected chi connectivity index (χ1v) is 13.2. The van der Waals surface area contributed by atoms with Crippen LogP contribution in [0.4, 0.5) is 17.5 Å². The second kappa shape index (κ2) is 10.9. The fourth-order valence-corrected chi connectivity index (χ4v) is 5.43. The van der Waals surface area contributed by atoms with Crippen LogP contribution < -0.4 is 16.2 Å². The number of rotatable bonds is 8. The Hall–Kier alpha value is -3.37. The zero-order valence-corrected chi connectivity index (χ0v) is 22.0. The molecule has 0 atom stereocenters. The minimum atomic E-state index is -0.251. The maximum absolute atomic E-state index is 13.4. The number of anilines is 3. The summed E-state index contributed by atoms with van der Waals surface area (Å²) in [4.78, 5) is 44.2. The number of piperazine rings is 1. The van der Waals surface area contributed by atoms with Crippen molar-refractivity contribution in [3.63, 3.8) is 0 Å². The Morgan fingerprint density at radius 3 is 2.51 bits per heavy atom. The average molecular weight is 505 g/mol. The summed E-state index contributed by atoms with van der Waals surface area (Å²) in [5.74, 6) is 0.771. The summed E-state index contributed by atoms with van der Waals surface area (Å²) in [6.45, 7) is 9.57. The number of likely N-dealkylation sites (N-methyl/N-ethyl adjacent to an activating group) is 1. The van der Waals surface area contributed by atoms with Crippen LogP contribution in [0.25, 0.3) is 11.0 Å². The summed E-state index contributed by atoms with van der Waals surface area (Å²) >= 11 is 0. The van der Waals surface area contributed by atoms with Crippen molar-refractivity contribution in [3.8, 4) is 0 Å². The third-order valence-electron chi connectivity index (χ3n) is 7.61. The molecule has 1 aliphatic carbocycles. The van der Waals surface area contributed by atoms with E-state index in [4.69, 9.17) is 4.98 Å². The maximum Gasteiger partial charge on any atom is 0.263 e. The van der Waals surface area contributed by atoms with E-state index >= 15 is 0 Å². The molecular formula is C27H36N8O2. The Morgan fingerprint density at radius 2 is 1.84 bits per heavy atom. The van der Waals surface area contributed by atoms with Gasteiger partial charge in [-0.15, -0.1) is 0 Å². The van der Waals surface area contributed by atoms with Gasteiger partial charge in [0, 0.05) is 56.9 Å². The van der Waals surface area contributed by atoms with E-state index in [2.05, 4.69) is 37.4 Å². The summed E-state index contributed by atoms with van der Waals surface area (Å²) < 4.78 is 1.72. The van der Waals surface area contributed by atoms with Gasteiger partial charge in [-0.1, -0.05) is 12.8 Å². The monoisotopic (exact) mass is 504 g/mol. The molecule has 10 heteroatoms. The highest BCUT2D eigenvalue weighted by atomic mass is 16.1. The van der Waals surface area contributed by atoms with E-state index in [1.54, 1.807) is 23.9 Å². The van der Waals surface area contributed by atoms with Gasteiger partial charge in [0.25, 0.3) is 5.56 Å². The van der Waals surface area contributed by atoms with Crippen LogP contribution in [-0.4, -0.2) is 81.4 Å². The number of pyridine rings is 2. The molecule has 4 heterocycles. The molecular weight excluding hydrogens is 468 g/mol. The van der Waals surface area contributed by atoms with Crippen molar-refractivity contribution in [2.75, 3.05) is 56.9 Å². The van der Waals surface area contributed by atoms with Crippen LogP contribution in [0.5, 0.6) is 0 Å². The summed E-state index contributed by atoms with van der Waals surface area (Å²) in [6.07, 6.45) is 7.45. The molecule has 0 aromatic carbocycles. The van der Waals surface area contributed by atoms with E-state index < -0.39 is 0 Å². The predicted molar refractivity (Wildman–Crippen MR) is 146 cm³/mol. The Labute approximate surface area is 217 Å². The van der Waals surface area contributed by atoms with Crippen molar-refractivity contribution in [1.29, 1.82) is 0 Å². The topological polar surface area (TPSA) is 108 Å². The molecule has 1 saturated carbocycles. The standard InChI is InChI=1S/C27H36N8O2/c1-18-22-17-30-27(32-25(22)35(21-6-4-5-7-21)26(37)24(18)19(2)36)31-23-9-8-20(16-29-23)28-10-11-34-14-12-33(3)13-15-34/h8-9,16-17,21,28H,4-7,10-15H2,1-3H3,(H,29,30,31,32). The molecule has 5 rings (SSSR count). The minimum absolute atomic E-state index is 0.0470. The Bertz CT molecular complexity index is 1320. The van der Waals surface area contributed by atoms with Gasteiger partial charge in [0.1, 0.15) is 11.5 Å². The van der Waals surface area contributed by atoms with Gasteiger partial charge in [-0.3, -0.25) is 19.1 Å². The molecule has 0 bridgehead atoms. The lowest BCUT2D eigenvalue weighted by Crippen LogP contribution is -2.45. The Balaban J connectivity index is 1.32. The lowest BCUT2D eigenvalue weighted by molar-refractivity contribution is 0.101. The van der Waals surface area contributed by atoms with Gasteiger partial charge >= 0.3 is 0 Å². The number of aromatic nitrogens is 4. The van der Waals surface area contributed by atoms with Crippen molar-refractivity contribution in [1.82, 2.24) is 29.3 Å². The third-order valence-corrected chi connectivity index (χ3v) is 7.61. The number of ketones is 1.